The third-order valence-electron chi connectivity index (χ3n) is 4.23. The van der Waals surface area contributed by atoms with Crippen molar-refractivity contribution < 1.29 is 29.3 Å². The van der Waals surface area contributed by atoms with Crippen LogP contribution >= 0.6 is 0 Å². The number of carbonyl (C=O) groups is 2. The lowest BCUT2D eigenvalue weighted by Gasteiger charge is -2.23. The predicted octanol–water partition coefficient (Wildman–Crippen LogP) is 2.59. The zero-order valence-corrected chi connectivity index (χ0v) is 15.0. The molecule has 0 atom stereocenters. The molecule has 0 bridgehead atoms. The number of nitrogens with one attached hydrogen (secondary N) is 1. The highest BCUT2D eigenvalue weighted by Crippen LogP contribution is 2.31. The van der Waals surface area contributed by atoms with Gasteiger partial charge in [0.2, 0.25) is 0 Å². The van der Waals surface area contributed by atoms with Crippen LogP contribution in [0.1, 0.15) is 43.2 Å². The van der Waals surface area contributed by atoms with Crippen molar-refractivity contribution in [2.45, 2.75) is 51.6 Å². The van der Waals surface area contributed by atoms with Gasteiger partial charge >= 0.3 is 11.9 Å². The fourth-order valence-corrected chi connectivity index (χ4v) is 2.94. The largest absolute Gasteiger partial charge is 0.496 e. The van der Waals surface area contributed by atoms with Crippen LogP contribution in [0.2, 0.25) is 0 Å². The first-order valence-corrected chi connectivity index (χ1v) is 8.30. The van der Waals surface area contributed by atoms with Gasteiger partial charge in [-0.05, 0) is 25.8 Å². The lowest BCUT2D eigenvalue weighted by Crippen LogP contribution is -2.30. The molecule has 0 spiro atoms. The molecular formula is C18H27NO6. The first-order valence-electron chi connectivity index (χ1n) is 8.30. The molecular weight excluding hydrogens is 326 g/mol. The van der Waals surface area contributed by atoms with Gasteiger partial charge in [0.15, 0.2) is 0 Å². The molecule has 0 heterocycles. The number of benzene rings is 1. The molecule has 7 nitrogen and oxygen atoms in total. The summed E-state index contributed by atoms with van der Waals surface area (Å²) in [7, 11) is 3.42. The zero-order chi connectivity index (χ0) is 18.8. The van der Waals surface area contributed by atoms with Crippen molar-refractivity contribution in [1.29, 1.82) is 0 Å². The molecule has 1 fully saturated rings. The maximum Gasteiger partial charge on any atom is 0.414 e. The van der Waals surface area contributed by atoms with Gasteiger partial charge in [-0.25, -0.2) is 9.59 Å². The van der Waals surface area contributed by atoms with Crippen molar-refractivity contribution in [3.8, 4) is 11.5 Å². The predicted molar refractivity (Wildman–Crippen MR) is 93.3 cm³/mol. The summed E-state index contributed by atoms with van der Waals surface area (Å²) in [6, 6.07) is 4.79. The molecule has 2 rings (SSSR count). The third-order valence-corrected chi connectivity index (χ3v) is 4.23. The number of hydrogen-bond donors (Lipinski definition) is 3. The smallest absolute Gasteiger partial charge is 0.414 e. The van der Waals surface area contributed by atoms with Crippen molar-refractivity contribution in [1.82, 2.24) is 5.32 Å². The van der Waals surface area contributed by atoms with Crippen LogP contribution in [-0.4, -0.2) is 42.4 Å². The molecule has 0 radical (unpaired) electrons. The Morgan fingerprint density at radius 2 is 1.68 bits per heavy atom. The van der Waals surface area contributed by atoms with E-state index < -0.39 is 11.9 Å². The standard InChI is InChI=1S/C16H25NO2.C2H2O4/c1-12-15(18-2)10-9-13(16(12)19-3)11-17-14-7-5-4-6-8-14;3-1(4)2(5)6/h9-10,14,17H,4-8,11H2,1-3H3;(H,3,4)(H,5,6). The molecule has 0 aromatic heterocycles. The lowest BCUT2D eigenvalue weighted by molar-refractivity contribution is -0.159. The molecule has 7 heteroatoms. The van der Waals surface area contributed by atoms with Gasteiger partial charge in [-0.2, -0.15) is 0 Å². The molecule has 0 saturated heterocycles. The van der Waals surface area contributed by atoms with E-state index in [1.807, 2.05) is 13.0 Å². The highest BCUT2D eigenvalue weighted by atomic mass is 16.5. The Balaban J connectivity index is 0.000000450. The molecule has 0 amide bonds. The Kier molecular flexibility index (Phi) is 8.77. The molecule has 140 valence electrons. The minimum atomic E-state index is -1.82. The summed E-state index contributed by atoms with van der Waals surface area (Å²) in [5.74, 6) is -1.81. The van der Waals surface area contributed by atoms with E-state index in [1.54, 1.807) is 14.2 Å². The fourth-order valence-electron chi connectivity index (χ4n) is 2.94. The van der Waals surface area contributed by atoms with E-state index >= 15 is 0 Å². The molecule has 1 aliphatic carbocycles. The Labute approximate surface area is 147 Å². The number of ether oxygens (including phenoxy) is 2. The van der Waals surface area contributed by atoms with Gasteiger partial charge in [-0.15, -0.1) is 0 Å². The van der Waals surface area contributed by atoms with Gasteiger partial charge in [-0.1, -0.05) is 25.3 Å². The second-order valence-electron chi connectivity index (χ2n) is 5.91. The normalized spacial score (nSPS) is 14.2. The first-order chi connectivity index (χ1) is 11.9. The first kappa shape index (κ1) is 20.8. The second kappa shape index (κ2) is 10.6. The van der Waals surface area contributed by atoms with Gasteiger partial charge < -0.3 is 25.0 Å². The highest BCUT2D eigenvalue weighted by molar-refractivity contribution is 6.27. The zero-order valence-electron chi connectivity index (χ0n) is 15.0. The van der Waals surface area contributed by atoms with E-state index in [1.165, 1.54) is 37.7 Å². The minimum absolute atomic E-state index is 0.667. The van der Waals surface area contributed by atoms with Crippen LogP contribution < -0.4 is 14.8 Å². The summed E-state index contributed by atoms with van der Waals surface area (Å²) in [4.78, 5) is 18.2. The molecule has 1 aromatic rings. The van der Waals surface area contributed by atoms with E-state index in [4.69, 9.17) is 29.3 Å². The molecule has 0 unspecified atom stereocenters. The van der Waals surface area contributed by atoms with Crippen molar-refractivity contribution in [3.63, 3.8) is 0 Å². The highest BCUT2D eigenvalue weighted by Gasteiger charge is 2.15. The lowest BCUT2D eigenvalue weighted by atomic mass is 9.95. The van der Waals surface area contributed by atoms with Crippen LogP contribution in [0.15, 0.2) is 12.1 Å². The fraction of sp³-hybridized carbons (Fsp3) is 0.556. The van der Waals surface area contributed by atoms with E-state index in [2.05, 4.69) is 11.4 Å². The molecule has 0 aliphatic heterocycles. The van der Waals surface area contributed by atoms with Crippen LogP contribution in [0, 0.1) is 6.92 Å². The molecule has 25 heavy (non-hydrogen) atoms. The average Bonchev–Trinajstić information content (AvgIpc) is 2.61. The number of methoxy groups -OCH3 is 2. The molecule has 3 N–H and O–H groups in total. The SMILES string of the molecule is COc1ccc(CNC2CCCCC2)c(OC)c1C.O=C(O)C(=O)O. The van der Waals surface area contributed by atoms with Crippen LogP contribution in [0.3, 0.4) is 0 Å². The summed E-state index contributed by atoms with van der Waals surface area (Å²) in [6.07, 6.45) is 6.71. The topological polar surface area (TPSA) is 105 Å². The number of hydrogen-bond acceptors (Lipinski definition) is 5. The Hall–Kier alpha value is -2.28. The monoisotopic (exact) mass is 353 g/mol. The van der Waals surface area contributed by atoms with Crippen molar-refractivity contribution >= 4 is 11.9 Å². The Morgan fingerprint density at radius 1 is 1.08 bits per heavy atom. The summed E-state index contributed by atoms with van der Waals surface area (Å²) < 4.78 is 10.9. The van der Waals surface area contributed by atoms with Crippen molar-refractivity contribution in [2.24, 2.45) is 0 Å². The van der Waals surface area contributed by atoms with E-state index in [0.29, 0.717) is 6.04 Å². The van der Waals surface area contributed by atoms with E-state index in [-0.39, 0.29) is 0 Å². The van der Waals surface area contributed by atoms with Crippen LogP contribution in [-0.2, 0) is 16.1 Å². The summed E-state index contributed by atoms with van der Waals surface area (Å²) in [5.41, 5.74) is 2.29. The Bertz CT molecular complexity index is 569. The molecule has 1 aromatic carbocycles. The van der Waals surface area contributed by atoms with E-state index in [9.17, 15) is 0 Å². The third kappa shape index (κ3) is 6.62. The molecule has 1 aliphatic rings. The number of carboxylic acid groups (broad SMARTS) is 2. The second-order valence-corrected chi connectivity index (χ2v) is 5.91. The summed E-state index contributed by atoms with van der Waals surface area (Å²) in [5, 5.41) is 18.4. The van der Waals surface area contributed by atoms with Crippen LogP contribution in [0.25, 0.3) is 0 Å². The van der Waals surface area contributed by atoms with E-state index in [0.717, 1.165) is 23.6 Å². The number of carboxylic acids is 2. The van der Waals surface area contributed by atoms with Gasteiger partial charge in [-0.3, -0.25) is 0 Å². The summed E-state index contributed by atoms with van der Waals surface area (Å²) >= 11 is 0. The van der Waals surface area contributed by atoms with Crippen LogP contribution in [0.4, 0.5) is 0 Å². The van der Waals surface area contributed by atoms with Gasteiger partial charge in [0.05, 0.1) is 14.2 Å². The van der Waals surface area contributed by atoms with Crippen molar-refractivity contribution in [3.05, 3.63) is 23.3 Å². The quantitative estimate of drug-likeness (QED) is 0.699. The average molecular weight is 353 g/mol. The maximum absolute atomic E-state index is 9.10. The van der Waals surface area contributed by atoms with Crippen LogP contribution in [0.5, 0.6) is 11.5 Å². The van der Waals surface area contributed by atoms with Crippen molar-refractivity contribution in [2.75, 3.05) is 14.2 Å². The Morgan fingerprint density at radius 3 is 2.16 bits per heavy atom. The summed E-state index contributed by atoms with van der Waals surface area (Å²) in [6.45, 7) is 2.92. The number of rotatable bonds is 5. The minimum Gasteiger partial charge on any atom is -0.496 e. The maximum atomic E-state index is 9.10. The van der Waals surface area contributed by atoms with Gasteiger partial charge in [0, 0.05) is 23.7 Å². The van der Waals surface area contributed by atoms with Gasteiger partial charge in [0.25, 0.3) is 0 Å². The molecule has 1 saturated carbocycles. The number of aliphatic carboxylic acids is 2. The van der Waals surface area contributed by atoms with Gasteiger partial charge in [0.1, 0.15) is 11.5 Å².